The van der Waals surface area contributed by atoms with Gasteiger partial charge in [-0.05, 0) is 6.42 Å². The average molecular weight is 199 g/mol. The third kappa shape index (κ3) is 6.63. The van der Waals surface area contributed by atoms with Crippen molar-refractivity contribution in [1.82, 2.24) is 0 Å². The first-order chi connectivity index (χ1) is 5.12. The monoisotopic (exact) mass is 198 g/mol. The molecule has 0 aromatic carbocycles. The molecule has 0 radical (unpaired) electrons. The lowest BCUT2D eigenvalue weighted by atomic mass is 10.2. The van der Waals surface area contributed by atoms with Gasteiger partial charge < -0.3 is 0 Å². The van der Waals surface area contributed by atoms with E-state index in [0.29, 0.717) is 0 Å². The van der Waals surface area contributed by atoms with Crippen molar-refractivity contribution in [1.29, 1.82) is 0 Å². The maximum Gasteiger partial charge on any atom is 0.164 e. The summed E-state index contributed by atoms with van der Waals surface area (Å²) in [6.07, 6.45) is 3.98. The molecular formula is C7H15ClO2S. The molecule has 0 atom stereocenters. The van der Waals surface area contributed by atoms with Crippen LogP contribution in [0.25, 0.3) is 0 Å². The second kappa shape index (κ2) is 5.84. The summed E-state index contributed by atoms with van der Waals surface area (Å²) in [5.74, 6) is 0.247. The van der Waals surface area contributed by atoms with Crippen molar-refractivity contribution in [3.8, 4) is 0 Å². The van der Waals surface area contributed by atoms with E-state index >= 15 is 0 Å². The molecular weight excluding hydrogens is 184 g/mol. The summed E-state index contributed by atoms with van der Waals surface area (Å²) in [4.78, 5) is 0. The van der Waals surface area contributed by atoms with E-state index in [2.05, 4.69) is 6.92 Å². The Morgan fingerprint density at radius 3 is 2.27 bits per heavy atom. The lowest BCUT2D eigenvalue weighted by Gasteiger charge is -1.98. The van der Waals surface area contributed by atoms with Gasteiger partial charge in [0.1, 0.15) is 5.21 Å². The largest absolute Gasteiger partial charge is 0.228 e. The number of sulfone groups is 1. The van der Waals surface area contributed by atoms with Crippen molar-refractivity contribution in [2.75, 3.05) is 11.0 Å². The first-order valence-corrected chi connectivity index (χ1v) is 6.24. The third-order valence-corrected chi connectivity index (χ3v) is 3.72. The summed E-state index contributed by atoms with van der Waals surface area (Å²) in [5, 5.41) is -0.237. The Morgan fingerprint density at radius 2 is 1.82 bits per heavy atom. The molecule has 2 nitrogen and oxygen atoms in total. The molecule has 4 heteroatoms. The third-order valence-electron chi connectivity index (χ3n) is 1.48. The van der Waals surface area contributed by atoms with Crippen LogP contribution in [0.2, 0.25) is 0 Å². The summed E-state index contributed by atoms with van der Waals surface area (Å²) in [6.45, 7) is 2.09. The topological polar surface area (TPSA) is 34.1 Å². The fraction of sp³-hybridized carbons (Fsp3) is 1.00. The summed E-state index contributed by atoms with van der Waals surface area (Å²) < 4.78 is 21.7. The zero-order chi connectivity index (χ0) is 8.74. The summed E-state index contributed by atoms with van der Waals surface area (Å²) in [6, 6.07) is 0. The summed E-state index contributed by atoms with van der Waals surface area (Å²) >= 11 is 5.22. The maximum atomic E-state index is 10.8. The second-order valence-electron chi connectivity index (χ2n) is 2.62. The van der Waals surface area contributed by atoms with E-state index in [1.165, 1.54) is 0 Å². The molecule has 68 valence electrons. The number of halogens is 1. The van der Waals surface area contributed by atoms with Gasteiger partial charge in [0.05, 0.1) is 5.75 Å². The minimum Gasteiger partial charge on any atom is -0.228 e. The predicted molar refractivity (Wildman–Crippen MR) is 48.6 cm³/mol. The number of alkyl halides is 1. The van der Waals surface area contributed by atoms with Crippen molar-refractivity contribution in [2.45, 2.75) is 32.6 Å². The van der Waals surface area contributed by atoms with Crippen molar-refractivity contribution in [2.24, 2.45) is 0 Å². The highest BCUT2D eigenvalue weighted by Gasteiger charge is 2.06. The van der Waals surface area contributed by atoms with Crippen LogP contribution in [0.15, 0.2) is 0 Å². The maximum absolute atomic E-state index is 10.8. The van der Waals surface area contributed by atoms with Crippen LogP contribution in [-0.2, 0) is 9.84 Å². The van der Waals surface area contributed by atoms with E-state index in [0.717, 1.165) is 25.7 Å². The Kier molecular flexibility index (Phi) is 5.96. The molecule has 0 aliphatic carbocycles. The van der Waals surface area contributed by atoms with Gasteiger partial charge in [-0.25, -0.2) is 8.42 Å². The lowest BCUT2D eigenvalue weighted by molar-refractivity contribution is 0.593. The van der Waals surface area contributed by atoms with Gasteiger partial charge in [-0.2, -0.15) is 0 Å². The molecule has 0 aromatic rings. The van der Waals surface area contributed by atoms with Crippen molar-refractivity contribution < 1.29 is 8.42 Å². The fourth-order valence-electron chi connectivity index (χ4n) is 0.803. The minimum absolute atomic E-state index is 0.237. The van der Waals surface area contributed by atoms with Crippen LogP contribution in [-0.4, -0.2) is 19.4 Å². The smallest absolute Gasteiger partial charge is 0.164 e. The molecule has 0 amide bonds. The normalized spacial score (nSPS) is 11.8. The van der Waals surface area contributed by atoms with Crippen LogP contribution in [0.4, 0.5) is 0 Å². The van der Waals surface area contributed by atoms with Gasteiger partial charge in [-0.3, -0.25) is 0 Å². The van der Waals surface area contributed by atoms with Gasteiger partial charge >= 0.3 is 0 Å². The fourth-order valence-corrected chi connectivity index (χ4v) is 1.88. The van der Waals surface area contributed by atoms with Gasteiger partial charge in [0, 0.05) is 0 Å². The SMILES string of the molecule is CCCCCCS(=O)(=O)CCl. The van der Waals surface area contributed by atoms with E-state index in [1.807, 2.05) is 0 Å². The van der Waals surface area contributed by atoms with Crippen LogP contribution in [0, 0.1) is 0 Å². The molecule has 0 heterocycles. The van der Waals surface area contributed by atoms with Crippen molar-refractivity contribution >= 4 is 21.4 Å². The van der Waals surface area contributed by atoms with Crippen LogP contribution < -0.4 is 0 Å². The Bertz CT molecular complexity index is 175. The standard InChI is InChI=1S/C7H15ClO2S/c1-2-3-4-5-6-11(9,10)7-8/h2-7H2,1H3. The molecule has 0 aromatic heterocycles. The molecule has 0 saturated carbocycles. The predicted octanol–water partition coefficient (Wildman–Crippen LogP) is 2.18. The number of rotatable bonds is 6. The highest BCUT2D eigenvalue weighted by atomic mass is 35.5. The molecule has 0 aliphatic rings. The van der Waals surface area contributed by atoms with Crippen LogP contribution in [0.1, 0.15) is 32.6 Å². The number of hydrogen-bond donors (Lipinski definition) is 0. The van der Waals surface area contributed by atoms with Gasteiger partial charge in [0.25, 0.3) is 0 Å². The van der Waals surface area contributed by atoms with E-state index in [-0.39, 0.29) is 11.0 Å². The molecule has 0 unspecified atom stereocenters. The zero-order valence-corrected chi connectivity index (χ0v) is 8.42. The van der Waals surface area contributed by atoms with Gasteiger partial charge in [-0.15, -0.1) is 11.6 Å². The van der Waals surface area contributed by atoms with E-state index in [4.69, 9.17) is 11.6 Å². The van der Waals surface area contributed by atoms with Gasteiger partial charge in [-0.1, -0.05) is 26.2 Å². The highest BCUT2D eigenvalue weighted by molar-refractivity contribution is 7.92. The van der Waals surface area contributed by atoms with Crippen LogP contribution >= 0.6 is 11.6 Å². The van der Waals surface area contributed by atoms with Crippen LogP contribution in [0.5, 0.6) is 0 Å². The van der Waals surface area contributed by atoms with Crippen LogP contribution in [0.3, 0.4) is 0 Å². The molecule has 0 saturated heterocycles. The Labute approximate surface area is 73.9 Å². The quantitative estimate of drug-likeness (QED) is 0.484. The van der Waals surface area contributed by atoms with Gasteiger partial charge in [0.2, 0.25) is 0 Å². The lowest BCUT2D eigenvalue weighted by Crippen LogP contribution is -2.06. The molecule has 0 aliphatic heterocycles. The highest BCUT2D eigenvalue weighted by Crippen LogP contribution is 2.03. The Morgan fingerprint density at radius 1 is 1.18 bits per heavy atom. The molecule has 0 fully saturated rings. The van der Waals surface area contributed by atoms with Crippen molar-refractivity contribution in [3.63, 3.8) is 0 Å². The molecule has 0 N–H and O–H groups in total. The summed E-state index contributed by atoms with van der Waals surface area (Å²) in [7, 11) is -2.93. The minimum atomic E-state index is -2.93. The van der Waals surface area contributed by atoms with E-state index in [1.54, 1.807) is 0 Å². The van der Waals surface area contributed by atoms with Crippen molar-refractivity contribution in [3.05, 3.63) is 0 Å². The molecule has 0 bridgehead atoms. The molecule has 0 spiro atoms. The van der Waals surface area contributed by atoms with E-state index in [9.17, 15) is 8.42 Å². The van der Waals surface area contributed by atoms with Gasteiger partial charge in [0.15, 0.2) is 9.84 Å². The average Bonchev–Trinajstić information content (AvgIpc) is 1.99. The number of hydrogen-bond acceptors (Lipinski definition) is 2. The second-order valence-corrected chi connectivity index (χ2v) is 5.39. The molecule has 11 heavy (non-hydrogen) atoms. The molecule has 0 rings (SSSR count). The zero-order valence-electron chi connectivity index (χ0n) is 6.85. The first kappa shape index (κ1) is 11.2. The number of unbranched alkanes of at least 4 members (excludes halogenated alkanes) is 3. The Hall–Kier alpha value is 0.240. The Balaban J connectivity index is 3.39. The van der Waals surface area contributed by atoms with E-state index < -0.39 is 9.84 Å². The first-order valence-electron chi connectivity index (χ1n) is 3.89. The summed E-state index contributed by atoms with van der Waals surface area (Å²) in [5.41, 5.74) is 0.